The number of fused-ring (bicyclic) bond motifs is 1. The van der Waals surface area contributed by atoms with Gasteiger partial charge in [-0.1, -0.05) is 29.9 Å². The van der Waals surface area contributed by atoms with Crippen molar-refractivity contribution in [3.8, 4) is 0 Å². The highest BCUT2D eigenvalue weighted by Crippen LogP contribution is 2.34. The van der Waals surface area contributed by atoms with Gasteiger partial charge in [-0.3, -0.25) is 14.4 Å². The Balaban J connectivity index is 1.52. The van der Waals surface area contributed by atoms with Gasteiger partial charge in [-0.15, -0.1) is 11.3 Å². The van der Waals surface area contributed by atoms with E-state index in [1.54, 1.807) is 33.3 Å². The van der Waals surface area contributed by atoms with E-state index in [0.29, 0.717) is 31.2 Å². The number of rotatable bonds is 7. The van der Waals surface area contributed by atoms with Crippen LogP contribution >= 0.6 is 22.7 Å². The fraction of sp³-hybridized carbons (Fsp3) is 0.375. The number of benzene rings is 1. The highest BCUT2D eigenvalue weighted by Gasteiger charge is 2.40. The topological polar surface area (TPSA) is 88.4 Å². The molecule has 0 N–H and O–H groups in total. The predicted molar refractivity (Wildman–Crippen MR) is 140 cm³/mol. The highest BCUT2D eigenvalue weighted by molar-refractivity contribution is 7.91. The number of carbonyl (C=O) groups excluding carboxylic acids is 1. The first-order valence-electron chi connectivity index (χ1n) is 11.6. The van der Waals surface area contributed by atoms with Crippen molar-refractivity contribution in [2.24, 2.45) is 0 Å². The molecule has 4 heterocycles. The SMILES string of the molecule is Cc1cc(C)c2nc(N(CCn3cccn3)C(=O)C3CCCCN3S(=O)(=O)c3cccs3)sc2c1. The lowest BCUT2D eigenvalue weighted by molar-refractivity contribution is -0.123. The summed E-state index contributed by atoms with van der Waals surface area (Å²) in [4.78, 5) is 20.6. The van der Waals surface area contributed by atoms with Crippen molar-refractivity contribution in [3.05, 3.63) is 59.2 Å². The summed E-state index contributed by atoms with van der Waals surface area (Å²) in [5.41, 5.74) is 3.07. The zero-order valence-corrected chi connectivity index (χ0v) is 22.1. The van der Waals surface area contributed by atoms with Crippen molar-refractivity contribution >= 4 is 54.0 Å². The van der Waals surface area contributed by atoms with Gasteiger partial charge in [0, 0.05) is 25.5 Å². The maximum atomic E-state index is 14.1. The van der Waals surface area contributed by atoms with Crippen molar-refractivity contribution in [3.63, 3.8) is 0 Å². The van der Waals surface area contributed by atoms with Crippen LogP contribution in [-0.2, 0) is 21.4 Å². The lowest BCUT2D eigenvalue weighted by Gasteiger charge is -2.35. The molecule has 0 aliphatic carbocycles. The van der Waals surface area contributed by atoms with Gasteiger partial charge in [-0.25, -0.2) is 13.4 Å². The monoisotopic (exact) mass is 529 g/mol. The van der Waals surface area contributed by atoms with E-state index < -0.39 is 16.1 Å². The summed E-state index contributed by atoms with van der Waals surface area (Å²) in [6, 6.07) is 8.56. The van der Waals surface area contributed by atoms with E-state index in [-0.39, 0.29) is 10.1 Å². The summed E-state index contributed by atoms with van der Waals surface area (Å²) in [5.74, 6) is -0.231. The molecule has 35 heavy (non-hydrogen) atoms. The molecule has 1 unspecified atom stereocenters. The van der Waals surface area contributed by atoms with Gasteiger partial charge in [0.25, 0.3) is 10.0 Å². The van der Waals surface area contributed by atoms with Crippen LogP contribution in [0.2, 0.25) is 0 Å². The van der Waals surface area contributed by atoms with Crippen molar-refractivity contribution < 1.29 is 13.2 Å². The van der Waals surface area contributed by atoms with Gasteiger partial charge < -0.3 is 0 Å². The van der Waals surface area contributed by atoms with Gasteiger partial charge in [0.1, 0.15) is 10.3 Å². The molecule has 4 aromatic rings. The van der Waals surface area contributed by atoms with Crippen LogP contribution in [0.3, 0.4) is 0 Å². The molecule has 1 saturated heterocycles. The fourth-order valence-electron chi connectivity index (χ4n) is 4.55. The standard InChI is InChI=1S/C24H27N5O3S3/c1-17-15-18(2)22-20(16-17)34-24(26-22)28(13-12-27-10-6-9-25-27)23(30)19-7-3-4-11-29(19)35(31,32)21-8-5-14-33-21/h5-6,8-10,14-16,19H,3-4,7,11-13H2,1-2H3. The molecule has 0 bridgehead atoms. The third-order valence-electron chi connectivity index (χ3n) is 6.22. The zero-order chi connectivity index (χ0) is 24.6. The Morgan fingerprint density at radius 2 is 2.09 bits per heavy atom. The lowest BCUT2D eigenvalue weighted by Crippen LogP contribution is -2.53. The van der Waals surface area contributed by atoms with E-state index >= 15 is 0 Å². The Labute approximate surface area is 212 Å². The molecule has 5 rings (SSSR count). The van der Waals surface area contributed by atoms with Gasteiger partial charge >= 0.3 is 0 Å². The Morgan fingerprint density at radius 3 is 2.83 bits per heavy atom. The molecule has 1 aliphatic rings. The number of thiazole rings is 1. The van der Waals surface area contributed by atoms with Crippen molar-refractivity contribution in [2.75, 3.05) is 18.0 Å². The summed E-state index contributed by atoms with van der Waals surface area (Å²) in [6.45, 7) is 5.23. The molecule has 1 fully saturated rings. The van der Waals surface area contributed by atoms with Crippen LogP contribution in [0, 0.1) is 13.8 Å². The van der Waals surface area contributed by atoms with E-state index in [1.165, 1.54) is 27.0 Å². The zero-order valence-electron chi connectivity index (χ0n) is 19.6. The molecular weight excluding hydrogens is 502 g/mol. The van der Waals surface area contributed by atoms with Crippen LogP contribution in [0.4, 0.5) is 5.13 Å². The summed E-state index contributed by atoms with van der Waals surface area (Å²) in [5, 5.41) is 6.60. The second-order valence-corrected chi connectivity index (χ2v) is 12.8. The third-order valence-corrected chi connectivity index (χ3v) is 10.5. The molecule has 8 nitrogen and oxygen atoms in total. The average molecular weight is 530 g/mol. The second-order valence-electron chi connectivity index (χ2n) is 8.74. The van der Waals surface area contributed by atoms with Crippen LogP contribution in [0.25, 0.3) is 10.2 Å². The van der Waals surface area contributed by atoms with E-state index in [1.807, 2.05) is 26.1 Å². The number of hydrogen-bond acceptors (Lipinski definition) is 7. The number of carbonyl (C=O) groups is 1. The molecule has 0 radical (unpaired) electrons. The van der Waals surface area contributed by atoms with Gasteiger partial charge in [0.2, 0.25) is 5.91 Å². The minimum absolute atomic E-state index is 0.231. The molecule has 184 valence electrons. The molecule has 1 atom stereocenters. The quantitative estimate of drug-likeness (QED) is 0.353. The molecule has 1 aliphatic heterocycles. The summed E-state index contributed by atoms with van der Waals surface area (Å²) >= 11 is 2.65. The summed E-state index contributed by atoms with van der Waals surface area (Å²) in [6.07, 6.45) is 5.58. The van der Waals surface area contributed by atoms with Crippen molar-refractivity contribution in [1.82, 2.24) is 19.1 Å². The van der Waals surface area contributed by atoms with Gasteiger partial charge in [-0.05, 0) is 61.4 Å². The Kier molecular flexibility index (Phi) is 6.75. The molecular formula is C24H27N5O3S3. The van der Waals surface area contributed by atoms with Crippen molar-refractivity contribution in [2.45, 2.75) is 49.9 Å². The van der Waals surface area contributed by atoms with E-state index in [0.717, 1.165) is 34.2 Å². The number of thiophene rings is 1. The molecule has 1 aromatic carbocycles. The van der Waals surface area contributed by atoms with Crippen LogP contribution in [0.5, 0.6) is 0 Å². The number of hydrogen-bond donors (Lipinski definition) is 0. The fourth-order valence-corrected chi connectivity index (χ4v) is 8.50. The minimum atomic E-state index is -3.75. The summed E-state index contributed by atoms with van der Waals surface area (Å²) in [7, 11) is -3.75. The Morgan fingerprint density at radius 1 is 1.23 bits per heavy atom. The normalized spacial score (nSPS) is 17.1. The average Bonchev–Trinajstić information content (AvgIpc) is 3.61. The number of anilines is 1. The maximum absolute atomic E-state index is 14.1. The van der Waals surface area contributed by atoms with Gasteiger partial charge in [0.05, 0.1) is 16.8 Å². The van der Waals surface area contributed by atoms with E-state index in [4.69, 9.17) is 4.98 Å². The highest BCUT2D eigenvalue weighted by atomic mass is 32.2. The number of piperidine rings is 1. The molecule has 0 saturated carbocycles. The smallest absolute Gasteiger partial charge is 0.253 e. The number of aromatic nitrogens is 3. The van der Waals surface area contributed by atoms with Crippen LogP contribution < -0.4 is 4.90 Å². The first kappa shape index (κ1) is 24.1. The van der Waals surface area contributed by atoms with Crippen LogP contribution in [0.1, 0.15) is 30.4 Å². The molecule has 1 amide bonds. The number of amides is 1. The lowest BCUT2D eigenvalue weighted by atomic mass is 10.0. The Hall–Kier alpha value is -2.60. The Bertz CT molecular complexity index is 1430. The largest absolute Gasteiger partial charge is 0.285 e. The van der Waals surface area contributed by atoms with Crippen LogP contribution in [-0.4, -0.2) is 52.5 Å². The maximum Gasteiger partial charge on any atom is 0.253 e. The van der Waals surface area contributed by atoms with Crippen molar-refractivity contribution in [1.29, 1.82) is 0 Å². The first-order valence-corrected chi connectivity index (χ1v) is 14.7. The van der Waals surface area contributed by atoms with Crippen LogP contribution in [0.15, 0.2) is 52.3 Å². The third kappa shape index (κ3) is 4.77. The number of sulfonamides is 1. The van der Waals surface area contributed by atoms with E-state index in [9.17, 15) is 13.2 Å². The predicted octanol–water partition coefficient (Wildman–Crippen LogP) is 4.45. The first-order chi connectivity index (χ1) is 16.8. The molecule has 0 spiro atoms. The number of nitrogens with zero attached hydrogens (tertiary/aromatic N) is 5. The van der Waals surface area contributed by atoms with E-state index in [2.05, 4.69) is 17.2 Å². The van der Waals surface area contributed by atoms with Gasteiger partial charge in [-0.2, -0.15) is 9.40 Å². The van der Waals surface area contributed by atoms with Gasteiger partial charge in [0.15, 0.2) is 5.13 Å². The second kappa shape index (κ2) is 9.81. The molecule has 3 aromatic heterocycles. The molecule has 11 heteroatoms. The number of aryl methyl sites for hydroxylation is 2. The summed E-state index contributed by atoms with van der Waals surface area (Å²) < 4.78 is 31.3. The minimum Gasteiger partial charge on any atom is -0.285 e.